The maximum absolute atomic E-state index is 3.37. The first kappa shape index (κ1) is 10.3. The third-order valence-electron chi connectivity index (χ3n) is 2.95. The summed E-state index contributed by atoms with van der Waals surface area (Å²) in [6.45, 7) is 3.81. The molecule has 0 heterocycles. The van der Waals surface area contributed by atoms with Gasteiger partial charge in [-0.05, 0) is 37.3 Å². The van der Waals surface area contributed by atoms with Gasteiger partial charge in [0.05, 0.1) is 6.54 Å². The summed E-state index contributed by atoms with van der Waals surface area (Å²) in [6.07, 6.45) is 1.33. The number of benzene rings is 1. The zero-order valence-electron chi connectivity index (χ0n) is 9.16. The van der Waals surface area contributed by atoms with Crippen molar-refractivity contribution in [2.45, 2.75) is 19.3 Å². The van der Waals surface area contributed by atoms with E-state index in [2.05, 4.69) is 47.5 Å². The lowest BCUT2D eigenvalue weighted by Gasteiger charge is -2.00. The maximum atomic E-state index is 3.37. The van der Waals surface area contributed by atoms with Crippen molar-refractivity contribution >= 4 is 0 Å². The Morgan fingerprint density at radius 3 is 2.87 bits per heavy atom. The molecule has 1 nitrogen and oxygen atoms in total. The van der Waals surface area contributed by atoms with Crippen LogP contribution in [0.15, 0.2) is 30.3 Å². The second kappa shape index (κ2) is 5.00. The van der Waals surface area contributed by atoms with Crippen molar-refractivity contribution in [2.75, 3.05) is 13.1 Å². The van der Waals surface area contributed by atoms with Gasteiger partial charge in [-0.2, -0.15) is 0 Å². The van der Waals surface area contributed by atoms with E-state index < -0.39 is 0 Å². The van der Waals surface area contributed by atoms with Crippen LogP contribution in [0.5, 0.6) is 0 Å². The van der Waals surface area contributed by atoms with Crippen LogP contribution in [0.3, 0.4) is 0 Å². The molecule has 2 atom stereocenters. The first-order valence-corrected chi connectivity index (χ1v) is 5.57. The molecule has 15 heavy (non-hydrogen) atoms. The van der Waals surface area contributed by atoms with E-state index in [0.29, 0.717) is 0 Å². The van der Waals surface area contributed by atoms with Crippen LogP contribution in [-0.4, -0.2) is 13.1 Å². The maximum Gasteiger partial charge on any atom is 0.0576 e. The molecule has 1 aliphatic rings. The SMILES string of the molecule is CC#CCNCC1CC1c1ccccc1. The predicted octanol–water partition coefficient (Wildman–Crippen LogP) is 2.40. The lowest BCUT2D eigenvalue weighted by molar-refractivity contribution is 0.673. The highest BCUT2D eigenvalue weighted by Gasteiger charge is 2.37. The Morgan fingerprint density at radius 1 is 1.33 bits per heavy atom. The summed E-state index contributed by atoms with van der Waals surface area (Å²) in [5, 5.41) is 3.37. The van der Waals surface area contributed by atoms with Gasteiger partial charge in [0.2, 0.25) is 0 Å². The Kier molecular flexibility index (Phi) is 3.42. The van der Waals surface area contributed by atoms with Gasteiger partial charge in [-0.15, -0.1) is 5.92 Å². The lowest BCUT2D eigenvalue weighted by Crippen LogP contribution is -2.17. The smallest absolute Gasteiger partial charge is 0.0576 e. The van der Waals surface area contributed by atoms with Crippen molar-refractivity contribution < 1.29 is 0 Å². The fraction of sp³-hybridized carbons (Fsp3) is 0.429. The summed E-state index contributed by atoms with van der Waals surface area (Å²) in [5.74, 6) is 7.53. The molecule has 1 aliphatic carbocycles. The molecule has 0 aliphatic heterocycles. The molecular formula is C14H17N. The van der Waals surface area contributed by atoms with Gasteiger partial charge in [0.25, 0.3) is 0 Å². The van der Waals surface area contributed by atoms with Crippen LogP contribution in [-0.2, 0) is 0 Å². The molecule has 1 aromatic rings. The fourth-order valence-electron chi connectivity index (χ4n) is 1.99. The summed E-state index contributed by atoms with van der Waals surface area (Å²) in [4.78, 5) is 0. The molecule has 0 saturated heterocycles. The standard InChI is InChI=1S/C14H17N/c1-2-3-9-15-11-13-10-14(13)12-7-5-4-6-8-12/h4-8,13-15H,9-11H2,1H3. The third-order valence-corrected chi connectivity index (χ3v) is 2.95. The third kappa shape index (κ3) is 2.84. The van der Waals surface area contributed by atoms with Gasteiger partial charge in [-0.25, -0.2) is 0 Å². The number of hydrogen-bond donors (Lipinski definition) is 1. The van der Waals surface area contributed by atoms with E-state index in [1.165, 1.54) is 12.0 Å². The largest absolute Gasteiger partial charge is 0.306 e. The van der Waals surface area contributed by atoms with Crippen LogP contribution in [0.2, 0.25) is 0 Å². The van der Waals surface area contributed by atoms with Crippen LogP contribution < -0.4 is 5.32 Å². The summed E-state index contributed by atoms with van der Waals surface area (Å²) in [5.41, 5.74) is 1.49. The molecule has 0 radical (unpaired) electrons. The number of rotatable bonds is 4. The van der Waals surface area contributed by atoms with E-state index in [-0.39, 0.29) is 0 Å². The summed E-state index contributed by atoms with van der Waals surface area (Å²) >= 11 is 0. The highest BCUT2D eigenvalue weighted by molar-refractivity contribution is 5.25. The average Bonchev–Trinajstić information content (AvgIpc) is 3.05. The molecule has 1 saturated carbocycles. The van der Waals surface area contributed by atoms with Crippen molar-refractivity contribution in [3.63, 3.8) is 0 Å². The van der Waals surface area contributed by atoms with E-state index in [1.54, 1.807) is 0 Å². The minimum atomic E-state index is 0.785. The van der Waals surface area contributed by atoms with E-state index in [0.717, 1.165) is 24.9 Å². The van der Waals surface area contributed by atoms with Gasteiger partial charge in [-0.3, -0.25) is 0 Å². The van der Waals surface area contributed by atoms with Crippen molar-refractivity contribution in [2.24, 2.45) is 5.92 Å². The molecule has 1 aromatic carbocycles. The van der Waals surface area contributed by atoms with Crippen LogP contribution in [0, 0.1) is 17.8 Å². The normalized spacial score (nSPS) is 23.0. The van der Waals surface area contributed by atoms with E-state index in [9.17, 15) is 0 Å². The molecule has 1 fully saturated rings. The molecule has 2 unspecified atom stereocenters. The van der Waals surface area contributed by atoms with Gasteiger partial charge in [0.15, 0.2) is 0 Å². The second-order valence-electron chi connectivity index (χ2n) is 4.07. The van der Waals surface area contributed by atoms with Crippen LogP contribution >= 0.6 is 0 Å². The molecule has 0 amide bonds. The van der Waals surface area contributed by atoms with Crippen LogP contribution in [0.25, 0.3) is 0 Å². The molecule has 0 bridgehead atoms. The van der Waals surface area contributed by atoms with Crippen molar-refractivity contribution in [3.8, 4) is 11.8 Å². The Balaban J connectivity index is 1.74. The Hall–Kier alpha value is -1.26. The first-order chi connectivity index (χ1) is 7.42. The summed E-state index contributed by atoms with van der Waals surface area (Å²) in [7, 11) is 0. The summed E-state index contributed by atoms with van der Waals surface area (Å²) in [6, 6.07) is 10.8. The molecule has 0 aromatic heterocycles. The Bertz CT molecular complexity index is 358. The summed E-state index contributed by atoms with van der Waals surface area (Å²) < 4.78 is 0. The second-order valence-corrected chi connectivity index (χ2v) is 4.07. The zero-order valence-corrected chi connectivity index (χ0v) is 9.16. The van der Waals surface area contributed by atoms with Gasteiger partial charge in [-0.1, -0.05) is 36.3 Å². The van der Waals surface area contributed by atoms with Gasteiger partial charge < -0.3 is 5.32 Å². The van der Waals surface area contributed by atoms with E-state index in [1.807, 2.05) is 6.92 Å². The number of nitrogens with one attached hydrogen (secondary N) is 1. The first-order valence-electron chi connectivity index (χ1n) is 5.57. The quantitative estimate of drug-likeness (QED) is 0.580. The van der Waals surface area contributed by atoms with Gasteiger partial charge >= 0.3 is 0 Å². The highest BCUT2D eigenvalue weighted by atomic mass is 14.9. The minimum absolute atomic E-state index is 0.785. The highest BCUT2D eigenvalue weighted by Crippen LogP contribution is 2.46. The Labute approximate surface area is 91.9 Å². The lowest BCUT2D eigenvalue weighted by atomic mass is 10.1. The van der Waals surface area contributed by atoms with Gasteiger partial charge in [0.1, 0.15) is 0 Å². The number of hydrogen-bond acceptors (Lipinski definition) is 1. The minimum Gasteiger partial charge on any atom is -0.306 e. The predicted molar refractivity (Wildman–Crippen MR) is 63.6 cm³/mol. The Morgan fingerprint density at radius 2 is 2.13 bits per heavy atom. The molecule has 0 spiro atoms. The topological polar surface area (TPSA) is 12.0 Å². The monoisotopic (exact) mass is 199 g/mol. The zero-order chi connectivity index (χ0) is 10.5. The fourth-order valence-corrected chi connectivity index (χ4v) is 1.99. The van der Waals surface area contributed by atoms with Crippen molar-refractivity contribution in [3.05, 3.63) is 35.9 Å². The van der Waals surface area contributed by atoms with Crippen LogP contribution in [0.1, 0.15) is 24.8 Å². The van der Waals surface area contributed by atoms with Crippen molar-refractivity contribution in [1.82, 2.24) is 5.32 Å². The van der Waals surface area contributed by atoms with Gasteiger partial charge in [0, 0.05) is 0 Å². The molecular weight excluding hydrogens is 182 g/mol. The van der Waals surface area contributed by atoms with Crippen molar-refractivity contribution in [1.29, 1.82) is 0 Å². The molecule has 78 valence electrons. The van der Waals surface area contributed by atoms with E-state index >= 15 is 0 Å². The molecule has 1 heteroatoms. The molecule has 2 rings (SSSR count). The van der Waals surface area contributed by atoms with E-state index in [4.69, 9.17) is 0 Å². The van der Waals surface area contributed by atoms with Crippen LogP contribution in [0.4, 0.5) is 0 Å². The molecule has 1 N–H and O–H groups in total. The average molecular weight is 199 g/mol.